The highest BCUT2D eigenvalue weighted by atomic mass is 16.2. The molecule has 0 atom stereocenters. The quantitative estimate of drug-likeness (QED) is 0.908. The van der Waals surface area contributed by atoms with Gasteiger partial charge in [0, 0.05) is 38.6 Å². The van der Waals surface area contributed by atoms with E-state index in [1.165, 1.54) is 6.92 Å². The van der Waals surface area contributed by atoms with Crippen LogP contribution in [0.15, 0.2) is 42.6 Å². The minimum absolute atomic E-state index is 0.161. The Morgan fingerprint density at radius 2 is 1.73 bits per heavy atom. The first kappa shape index (κ1) is 15.5. The minimum Gasteiger partial charge on any atom is -0.362 e. The number of nitrogens with one attached hydrogen (secondary N) is 2. The van der Waals surface area contributed by atoms with Gasteiger partial charge in [0.1, 0.15) is 5.82 Å². The third kappa shape index (κ3) is 3.82. The van der Waals surface area contributed by atoms with Gasteiger partial charge < -0.3 is 15.5 Å². The first-order valence-electron chi connectivity index (χ1n) is 6.78. The number of nitrogens with zero attached hydrogens (tertiary/aromatic N) is 2. The Balaban J connectivity index is 2.21. The molecular formula is C16H18N4O2. The van der Waals surface area contributed by atoms with Crippen LogP contribution >= 0.6 is 0 Å². The topological polar surface area (TPSA) is 74.3 Å². The van der Waals surface area contributed by atoms with E-state index in [1.54, 1.807) is 47.5 Å². The maximum atomic E-state index is 12.4. The van der Waals surface area contributed by atoms with Gasteiger partial charge in [0.15, 0.2) is 0 Å². The number of pyridine rings is 1. The Morgan fingerprint density at radius 3 is 2.36 bits per heavy atom. The van der Waals surface area contributed by atoms with E-state index in [1.807, 2.05) is 14.1 Å². The third-order valence-corrected chi connectivity index (χ3v) is 2.90. The molecule has 0 fully saturated rings. The fourth-order valence-electron chi connectivity index (χ4n) is 2.01. The van der Waals surface area contributed by atoms with Crippen LogP contribution in [0.5, 0.6) is 0 Å². The predicted octanol–water partition coefficient (Wildman–Crippen LogP) is 2.36. The van der Waals surface area contributed by atoms with Gasteiger partial charge in [-0.25, -0.2) is 4.98 Å². The second kappa shape index (κ2) is 6.71. The van der Waals surface area contributed by atoms with Crippen LogP contribution < -0.4 is 15.5 Å². The number of rotatable bonds is 4. The molecule has 0 bridgehead atoms. The van der Waals surface area contributed by atoms with Crippen molar-refractivity contribution in [2.75, 3.05) is 29.6 Å². The van der Waals surface area contributed by atoms with Crippen molar-refractivity contribution in [1.29, 1.82) is 0 Å². The Labute approximate surface area is 129 Å². The van der Waals surface area contributed by atoms with E-state index in [9.17, 15) is 9.59 Å². The molecule has 2 rings (SSSR count). The number of anilines is 3. The molecule has 6 nitrogen and oxygen atoms in total. The summed E-state index contributed by atoms with van der Waals surface area (Å²) in [4.78, 5) is 29.5. The highest BCUT2D eigenvalue weighted by molar-refractivity contribution is 6.07. The van der Waals surface area contributed by atoms with Gasteiger partial charge in [-0.15, -0.1) is 0 Å². The molecule has 2 N–H and O–H groups in total. The van der Waals surface area contributed by atoms with Crippen molar-refractivity contribution >= 4 is 29.0 Å². The zero-order valence-corrected chi connectivity index (χ0v) is 12.8. The van der Waals surface area contributed by atoms with Gasteiger partial charge in [-0.2, -0.15) is 0 Å². The van der Waals surface area contributed by atoms with Crippen molar-refractivity contribution in [2.45, 2.75) is 6.92 Å². The number of amides is 2. The molecule has 22 heavy (non-hydrogen) atoms. The first-order chi connectivity index (χ1) is 10.5. The van der Waals surface area contributed by atoms with Crippen molar-refractivity contribution in [2.24, 2.45) is 0 Å². The lowest BCUT2D eigenvalue weighted by Crippen LogP contribution is -2.19. The van der Waals surface area contributed by atoms with Gasteiger partial charge in [-0.1, -0.05) is 6.07 Å². The molecule has 0 unspecified atom stereocenters. The lowest BCUT2D eigenvalue weighted by Gasteiger charge is -2.15. The molecule has 0 spiro atoms. The van der Waals surface area contributed by atoms with E-state index in [2.05, 4.69) is 15.6 Å². The second-order valence-corrected chi connectivity index (χ2v) is 4.99. The molecule has 0 radical (unpaired) electrons. The molecular weight excluding hydrogens is 280 g/mol. The standard InChI is InChI=1S/C16H18N4O2/c1-11(21)18-12-6-4-7-13(10-12)19-16(22)14-8-5-9-17-15(14)20(2)3/h4-10H,1-3H3,(H,18,21)(H,19,22). The molecule has 1 aromatic heterocycles. The number of aromatic nitrogens is 1. The summed E-state index contributed by atoms with van der Waals surface area (Å²) in [6.07, 6.45) is 1.64. The van der Waals surface area contributed by atoms with Gasteiger partial charge in [0.2, 0.25) is 5.91 Å². The molecule has 6 heteroatoms. The maximum Gasteiger partial charge on any atom is 0.259 e. The van der Waals surface area contributed by atoms with Gasteiger partial charge in [-0.3, -0.25) is 9.59 Å². The van der Waals surface area contributed by atoms with Crippen molar-refractivity contribution in [3.63, 3.8) is 0 Å². The molecule has 0 aliphatic heterocycles. The van der Waals surface area contributed by atoms with Crippen molar-refractivity contribution in [3.05, 3.63) is 48.2 Å². The molecule has 2 aromatic rings. The largest absolute Gasteiger partial charge is 0.362 e. The highest BCUT2D eigenvalue weighted by Crippen LogP contribution is 2.19. The van der Waals surface area contributed by atoms with Crippen LogP contribution in [-0.4, -0.2) is 30.9 Å². The summed E-state index contributed by atoms with van der Waals surface area (Å²) >= 11 is 0. The van der Waals surface area contributed by atoms with Crippen LogP contribution in [0.1, 0.15) is 17.3 Å². The number of carbonyl (C=O) groups is 2. The average molecular weight is 298 g/mol. The Hall–Kier alpha value is -2.89. The number of hydrogen-bond donors (Lipinski definition) is 2. The predicted molar refractivity (Wildman–Crippen MR) is 87.3 cm³/mol. The van der Waals surface area contributed by atoms with E-state index in [4.69, 9.17) is 0 Å². The SMILES string of the molecule is CC(=O)Nc1cccc(NC(=O)c2cccnc2N(C)C)c1. The van der Waals surface area contributed by atoms with Gasteiger partial charge in [0.05, 0.1) is 5.56 Å². The lowest BCUT2D eigenvalue weighted by molar-refractivity contribution is -0.114. The van der Waals surface area contributed by atoms with Crippen LogP contribution in [0.25, 0.3) is 0 Å². The molecule has 0 aliphatic rings. The zero-order chi connectivity index (χ0) is 16.1. The van der Waals surface area contributed by atoms with Crippen molar-refractivity contribution in [1.82, 2.24) is 4.98 Å². The summed E-state index contributed by atoms with van der Waals surface area (Å²) in [6.45, 7) is 1.43. The molecule has 114 valence electrons. The fourth-order valence-corrected chi connectivity index (χ4v) is 2.01. The van der Waals surface area contributed by atoms with E-state index in [0.717, 1.165) is 0 Å². The molecule has 0 saturated heterocycles. The summed E-state index contributed by atoms with van der Waals surface area (Å²) < 4.78 is 0. The number of hydrogen-bond acceptors (Lipinski definition) is 4. The Kier molecular flexibility index (Phi) is 4.73. The zero-order valence-electron chi connectivity index (χ0n) is 12.8. The highest BCUT2D eigenvalue weighted by Gasteiger charge is 2.14. The van der Waals surface area contributed by atoms with Gasteiger partial charge in [0.25, 0.3) is 5.91 Å². The molecule has 1 aromatic carbocycles. The summed E-state index contributed by atoms with van der Waals surface area (Å²) in [5.41, 5.74) is 1.71. The summed E-state index contributed by atoms with van der Waals surface area (Å²) in [5, 5.41) is 5.49. The Bertz CT molecular complexity index is 698. The maximum absolute atomic E-state index is 12.4. The summed E-state index contributed by atoms with van der Waals surface area (Å²) in [5.74, 6) is 0.181. The second-order valence-electron chi connectivity index (χ2n) is 4.99. The molecule has 1 heterocycles. The van der Waals surface area contributed by atoms with Crippen LogP contribution in [0.3, 0.4) is 0 Å². The van der Waals surface area contributed by atoms with Gasteiger partial charge in [-0.05, 0) is 30.3 Å². The van der Waals surface area contributed by atoms with Crippen LogP contribution in [0.2, 0.25) is 0 Å². The van der Waals surface area contributed by atoms with Crippen molar-refractivity contribution in [3.8, 4) is 0 Å². The smallest absolute Gasteiger partial charge is 0.259 e. The molecule has 0 aliphatic carbocycles. The lowest BCUT2D eigenvalue weighted by atomic mass is 10.2. The van der Waals surface area contributed by atoms with E-state index in [0.29, 0.717) is 22.8 Å². The fraction of sp³-hybridized carbons (Fsp3) is 0.188. The number of carbonyl (C=O) groups excluding carboxylic acids is 2. The van der Waals surface area contributed by atoms with Crippen LogP contribution in [0.4, 0.5) is 17.2 Å². The van der Waals surface area contributed by atoms with E-state index >= 15 is 0 Å². The Morgan fingerprint density at radius 1 is 1.05 bits per heavy atom. The monoisotopic (exact) mass is 298 g/mol. The third-order valence-electron chi connectivity index (χ3n) is 2.90. The molecule has 2 amide bonds. The number of benzene rings is 1. The summed E-state index contributed by atoms with van der Waals surface area (Å²) in [6, 6.07) is 10.4. The normalized spacial score (nSPS) is 9.95. The van der Waals surface area contributed by atoms with Gasteiger partial charge >= 0.3 is 0 Å². The van der Waals surface area contributed by atoms with E-state index in [-0.39, 0.29) is 11.8 Å². The average Bonchev–Trinajstić information content (AvgIpc) is 2.46. The molecule has 0 saturated carbocycles. The van der Waals surface area contributed by atoms with Crippen LogP contribution in [-0.2, 0) is 4.79 Å². The summed E-state index contributed by atoms with van der Waals surface area (Å²) in [7, 11) is 3.66. The minimum atomic E-state index is -0.253. The van der Waals surface area contributed by atoms with E-state index < -0.39 is 0 Å². The first-order valence-corrected chi connectivity index (χ1v) is 6.78. The van der Waals surface area contributed by atoms with Crippen LogP contribution in [0, 0.1) is 0 Å². The van der Waals surface area contributed by atoms with Crippen molar-refractivity contribution < 1.29 is 9.59 Å².